The van der Waals surface area contributed by atoms with E-state index in [0.717, 1.165) is 18.8 Å². The molecule has 4 nitrogen and oxygen atoms in total. The van der Waals surface area contributed by atoms with Crippen LogP contribution in [0, 0.1) is 0 Å². The number of carboxylic acid groups (broad SMARTS) is 1. The zero-order valence-electron chi connectivity index (χ0n) is 10.0. The highest BCUT2D eigenvalue weighted by Crippen LogP contribution is 2.16. The maximum atomic E-state index is 10.8. The van der Waals surface area contributed by atoms with Crippen molar-refractivity contribution < 1.29 is 9.90 Å². The van der Waals surface area contributed by atoms with Gasteiger partial charge in [0.15, 0.2) is 0 Å². The number of hydrogen-bond donors (Lipinski definition) is 2. The number of aromatic carboxylic acids is 1. The topological polar surface area (TPSA) is 52.6 Å². The van der Waals surface area contributed by atoms with Crippen molar-refractivity contribution in [3.05, 3.63) is 29.8 Å². The van der Waals surface area contributed by atoms with Gasteiger partial charge < -0.3 is 15.3 Å². The van der Waals surface area contributed by atoms with E-state index in [1.165, 1.54) is 12.8 Å². The molecule has 2 rings (SSSR count). The first-order chi connectivity index (χ1) is 8.16. The molecule has 0 amide bonds. The number of carbonyl (C=O) groups is 1. The number of likely N-dealkylation sites (tertiary alicyclic amines) is 1. The maximum Gasteiger partial charge on any atom is 0.335 e. The Morgan fingerprint density at radius 1 is 1.59 bits per heavy atom. The third-order valence-corrected chi connectivity index (χ3v) is 3.32. The van der Waals surface area contributed by atoms with Gasteiger partial charge in [-0.15, -0.1) is 0 Å². The molecule has 0 saturated carbocycles. The summed E-state index contributed by atoms with van der Waals surface area (Å²) in [5, 5.41) is 12.2. The van der Waals surface area contributed by atoms with Crippen molar-refractivity contribution in [2.24, 2.45) is 0 Å². The van der Waals surface area contributed by atoms with Crippen LogP contribution in [-0.4, -0.2) is 42.2 Å². The lowest BCUT2D eigenvalue weighted by atomic mass is 10.2. The van der Waals surface area contributed by atoms with E-state index in [2.05, 4.69) is 17.3 Å². The summed E-state index contributed by atoms with van der Waals surface area (Å²) in [5.74, 6) is -0.883. The fraction of sp³-hybridized carbons (Fsp3) is 0.462. The molecule has 1 atom stereocenters. The van der Waals surface area contributed by atoms with Gasteiger partial charge in [0.1, 0.15) is 0 Å². The van der Waals surface area contributed by atoms with Gasteiger partial charge in [0.2, 0.25) is 0 Å². The molecule has 4 heteroatoms. The van der Waals surface area contributed by atoms with Gasteiger partial charge in [-0.25, -0.2) is 4.79 Å². The minimum atomic E-state index is -0.883. The second-order valence-electron chi connectivity index (χ2n) is 4.54. The minimum absolute atomic E-state index is 0.328. The molecule has 1 aromatic carbocycles. The second kappa shape index (κ2) is 5.19. The van der Waals surface area contributed by atoms with Crippen molar-refractivity contribution in [2.75, 3.05) is 25.5 Å². The third kappa shape index (κ3) is 2.97. The Morgan fingerprint density at radius 3 is 3.06 bits per heavy atom. The van der Waals surface area contributed by atoms with Crippen LogP contribution in [0.2, 0.25) is 0 Å². The Morgan fingerprint density at radius 2 is 2.41 bits per heavy atom. The number of hydrogen-bond acceptors (Lipinski definition) is 3. The Balaban J connectivity index is 1.94. The summed E-state index contributed by atoms with van der Waals surface area (Å²) >= 11 is 0. The zero-order chi connectivity index (χ0) is 12.3. The van der Waals surface area contributed by atoms with Crippen molar-refractivity contribution in [1.29, 1.82) is 0 Å². The highest BCUT2D eigenvalue weighted by atomic mass is 16.4. The molecule has 17 heavy (non-hydrogen) atoms. The van der Waals surface area contributed by atoms with Crippen LogP contribution in [-0.2, 0) is 0 Å². The fourth-order valence-corrected chi connectivity index (χ4v) is 2.24. The van der Waals surface area contributed by atoms with E-state index in [-0.39, 0.29) is 0 Å². The highest BCUT2D eigenvalue weighted by Gasteiger charge is 2.20. The summed E-state index contributed by atoms with van der Waals surface area (Å²) in [4.78, 5) is 13.2. The zero-order valence-corrected chi connectivity index (χ0v) is 10.0. The number of nitrogens with one attached hydrogen (secondary N) is 1. The number of likely N-dealkylation sites (N-methyl/N-ethyl adjacent to an activating group) is 1. The lowest BCUT2D eigenvalue weighted by molar-refractivity contribution is 0.0697. The van der Waals surface area contributed by atoms with E-state index in [1.54, 1.807) is 18.2 Å². The predicted octanol–water partition coefficient (Wildman–Crippen LogP) is 1.89. The van der Waals surface area contributed by atoms with Gasteiger partial charge in [-0.3, -0.25) is 0 Å². The molecule has 0 aliphatic carbocycles. The first-order valence-corrected chi connectivity index (χ1v) is 5.94. The maximum absolute atomic E-state index is 10.8. The van der Waals surface area contributed by atoms with Gasteiger partial charge in [0.05, 0.1) is 5.56 Å². The van der Waals surface area contributed by atoms with E-state index in [1.807, 2.05) is 6.07 Å². The summed E-state index contributed by atoms with van der Waals surface area (Å²) in [7, 11) is 2.13. The molecule has 2 N–H and O–H groups in total. The summed E-state index contributed by atoms with van der Waals surface area (Å²) in [6.45, 7) is 2.03. The van der Waals surface area contributed by atoms with Crippen molar-refractivity contribution in [2.45, 2.75) is 18.9 Å². The lowest BCUT2D eigenvalue weighted by Gasteiger charge is -2.20. The van der Waals surface area contributed by atoms with Gasteiger partial charge in [0, 0.05) is 18.3 Å². The number of anilines is 1. The Bertz CT molecular complexity index is 406. The fourth-order valence-electron chi connectivity index (χ4n) is 2.24. The average Bonchev–Trinajstić information content (AvgIpc) is 2.72. The van der Waals surface area contributed by atoms with E-state index >= 15 is 0 Å². The minimum Gasteiger partial charge on any atom is -0.478 e. The quantitative estimate of drug-likeness (QED) is 0.835. The van der Waals surface area contributed by atoms with Crippen LogP contribution in [0.3, 0.4) is 0 Å². The van der Waals surface area contributed by atoms with Crippen molar-refractivity contribution in [3.63, 3.8) is 0 Å². The number of carboxylic acids is 1. The first kappa shape index (κ1) is 11.9. The molecule has 0 spiro atoms. The van der Waals surface area contributed by atoms with E-state index in [9.17, 15) is 4.79 Å². The van der Waals surface area contributed by atoms with Gasteiger partial charge in [-0.05, 0) is 44.6 Å². The summed E-state index contributed by atoms with van der Waals surface area (Å²) in [6, 6.07) is 7.52. The molecule has 0 aromatic heterocycles. The lowest BCUT2D eigenvalue weighted by Crippen LogP contribution is -2.31. The average molecular weight is 234 g/mol. The SMILES string of the molecule is CN1CCCC1CNc1cccc(C(=O)O)c1. The van der Waals surface area contributed by atoms with Gasteiger partial charge in [-0.2, -0.15) is 0 Å². The van der Waals surface area contributed by atoms with Crippen LogP contribution in [0.15, 0.2) is 24.3 Å². The predicted molar refractivity (Wildman–Crippen MR) is 67.5 cm³/mol. The van der Waals surface area contributed by atoms with E-state index < -0.39 is 5.97 Å². The summed E-state index contributed by atoms with van der Waals surface area (Å²) in [5.41, 5.74) is 1.21. The summed E-state index contributed by atoms with van der Waals surface area (Å²) in [6.07, 6.45) is 2.46. The third-order valence-electron chi connectivity index (χ3n) is 3.32. The smallest absolute Gasteiger partial charge is 0.335 e. The molecule has 1 aliphatic rings. The van der Waals surface area contributed by atoms with Crippen LogP contribution in [0.25, 0.3) is 0 Å². The molecule has 0 radical (unpaired) electrons. The second-order valence-corrected chi connectivity index (χ2v) is 4.54. The molecular weight excluding hydrogens is 216 g/mol. The Kier molecular flexibility index (Phi) is 3.64. The monoisotopic (exact) mass is 234 g/mol. The van der Waals surface area contributed by atoms with Crippen LogP contribution < -0.4 is 5.32 Å². The highest BCUT2D eigenvalue weighted by molar-refractivity contribution is 5.88. The van der Waals surface area contributed by atoms with E-state index in [0.29, 0.717) is 11.6 Å². The molecular formula is C13H18N2O2. The first-order valence-electron chi connectivity index (χ1n) is 5.94. The van der Waals surface area contributed by atoms with Crippen molar-refractivity contribution in [1.82, 2.24) is 4.90 Å². The molecule has 0 bridgehead atoms. The van der Waals surface area contributed by atoms with Gasteiger partial charge in [-0.1, -0.05) is 6.07 Å². The summed E-state index contributed by atoms with van der Waals surface area (Å²) < 4.78 is 0. The molecule has 1 unspecified atom stereocenters. The molecule has 92 valence electrons. The van der Waals surface area contributed by atoms with Crippen LogP contribution >= 0.6 is 0 Å². The van der Waals surface area contributed by atoms with Crippen molar-refractivity contribution in [3.8, 4) is 0 Å². The molecule has 1 saturated heterocycles. The standard InChI is InChI=1S/C13H18N2O2/c1-15-7-3-6-12(15)9-14-11-5-2-4-10(8-11)13(16)17/h2,4-5,8,12,14H,3,6-7,9H2,1H3,(H,16,17). The molecule has 1 fully saturated rings. The van der Waals surface area contributed by atoms with Crippen LogP contribution in [0.4, 0.5) is 5.69 Å². The number of rotatable bonds is 4. The number of nitrogens with zero attached hydrogens (tertiary/aromatic N) is 1. The Hall–Kier alpha value is -1.55. The largest absolute Gasteiger partial charge is 0.478 e. The van der Waals surface area contributed by atoms with E-state index in [4.69, 9.17) is 5.11 Å². The van der Waals surface area contributed by atoms with Gasteiger partial charge in [0.25, 0.3) is 0 Å². The van der Waals surface area contributed by atoms with Crippen LogP contribution in [0.1, 0.15) is 23.2 Å². The van der Waals surface area contributed by atoms with Crippen molar-refractivity contribution >= 4 is 11.7 Å². The normalized spacial score (nSPS) is 20.4. The molecule has 1 aromatic rings. The van der Waals surface area contributed by atoms with Crippen LogP contribution in [0.5, 0.6) is 0 Å². The Labute approximate surface area is 101 Å². The van der Waals surface area contributed by atoms with Gasteiger partial charge >= 0.3 is 5.97 Å². The molecule has 1 heterocycles. The molecule has 1 aliphatic heterocycles. The number of benzene rings is 1.